The summed E-state index contributed by atoms with van der Waals surface area (Å²) in [4.78, 5) is 23.6. The van der Waals surface area contributed by atoms with Gasteiger partial charge in [0.2, 0.25) is 0 Å². The first-order valence-electron chi connectivity index (χ1n) is 6.45. The number of rotatable bonds is 8. The monoisotopic (exact) mass is 400 g/mol. The van der Waals surface area contributed by atoms with E-state index in [0.29, 0.717) is 12.8 Å². The van der Waals surface area contributed by atoms with E-state index in [2.05, 4.69) is 13.6 Å². The second kappa shape index (κ2) is 8.75. The van der Waals surface area contributed by atoms with Gasteiger partial charge in [0, 0.05) is 19.9 Å². The van der Waals surface area contributed by atoms with Gasteiger partial charge in [0.15, 0.2) is 8.62 Å². The molecular weight excluding hydrogens is 387 g/mol. The summed E-state index contributed by atoms with van der Waals surface area (Å²) in [5, 5.41) is 0. The van der Waals surface area contributed by atoms with Crippen LogP contribution in [0.25, 0.3) is 0 Å². The molecule has 5 atom stereocenters. The Bertz CT molecular complexity index is 711. The van der Waals surface area contributed by atoms with E-state index in [4.69, 9.17) is 19.9 Å². The molecule has 0 saturated carbocycles. The summed E-state index contributed by atoms with van der Waals surface area (Å²) in [6.07, 6.45) is 1.43. The van der Waals surface area contributed by atoms with Crippen LogP contribution >= 0.6 is 24.8 Å². The first-order valence-corrected chi connectivity index (χ1v) is 9.77. The molecule has 0 aliphatic carbocycles. The minimum absolute atomic E-state index is 0.101. The predicted octanol–water partition coefficient (Wildman–Crippen LogP) is 1.52. The fraction of sp³-hybridized carbons (Fsp3) is 0.556. The molecule has 0 amide bonds. The predicted molar refractivity (Wildman–Crippen MR) is 79.2 cm³/mol. The number of anilines is 1. The van der Waals surface area contributed by atoms with Crippen molar-refractivity contribution in [3.05, 3.63) is 22.7 Å². The highest BCUT2D eigenvalue weighted by atomic mass is 31.2. The van der Waals surface area contributed by atoms with Crippen molar-refractivity contribution in [1.29, 1.82) is 0 Å². The van der Waals surface area contributed by atoms with E-state index in [1.165, 1.54) is 16.8 Å². The molecule has 12 nitrogen and oxygen atoms in total. The van der Waals surface area contributed by atoms with Crippen LogP contribution in [-0.2, 0) is 31.6 Å². The Labute approximate surface area is 137 Å². The van der Waals surface area contributed by atoms with E-state index in [1.807, 2.05) is 0 Å². The molecule has 0 spiro atoms. The quantitative estimate of drug-likeness (QED) is 0.607. The molecule has 0 radical (unpaired) electrons. The van der Waals surface area contributed by atoms with Crippen molar-refractivity contribution >= 4 is 30.6 Å². The van der Waals surface area contributed by atoms with Crippen molar-refractivity contribution in [2.75, 3.05) is 12.3 Å². The fourth-order valence-electron chi connectivity index (χ4n) is 1.95. The van der Waals surface area contributed by atoms with Crippen molar-refractivity contribution in [3.8, 4) is 0 Å². The largest absolute Gasteiger partial charge is 0.798 e. The molecule has 2 heterocycles. The molecule has 1 aliphatic rings. The third-order valence-corrected chi connectivity index (χ3v) is 5.40. The fourth-order valence-corrected chi connectivity index (χ4v) is 3.71. The zero-order valence-corrected chi connectivity index (χ0v) is 14.6. The van der Waals surface area contributed by atoms with Gasteiger partial charge in [-0.1, -0.05) is 0 Å². The maximum atomic E-state index is 11.7. The molecular formula is C9H13N3O9P3+3. The zero-order valence-electron chi connectivity index (χ0n) is 12.0. The highest BCUT2D eigenvalue weighted by Gasteiger charge is 2.48. The first kappa shape index (κ1) is 19.1. The molecule has 24 heavy (non-hydrogen) atoms. The summed E-state index contributed by atoms with van der Waals surface area (Å²) in [7, 11) is -9.00. The van der Waals surface area contributed by atoms with Crippen LogP contribution in [0.2, 0.25) is 0 Å². The highest BCUT2D eigenvalue weighted by molar-refractivity contribution is 7.53. The average Bonchev–Trinajstić information content (AvgIpc) is 2.92. The molecule has 2 rings (SSSR count). The highest BCUT2D eigenvalue weighted by Crippen LogP contribution is 2.45. The second-order valence-corrected chi connectivity index (χ2v) is 7.41. The molecule has 1 saturated heterocycles. The number of nitrogen functional groups attached to an aromatic ring is 1. The Morgan fingerprint density at radius 3 is 2.75 bits per heavy atom. The number of nitrogens with two attached hydrogens (primary N) is 1. The normalized spacial score (nSPS) is 22.3. The maximum absolute atomic E-state index is 11.7. The van der Waals surface area contributed by atoms with Gasteiger partial charge in [-0.25, -0.2) is 4.79 Å². The molecule has 3 N–H and O–H groups in total. The molecule has 1 aromatic rings. The molecule has 0 bridgehead atoms. The molecule has 1 aromatic heterocycles. The van der Waals surface area contributed by atoms with Crippen LogP contribution in [-0.4, -0.2) is 27.2 Å². The lowest BCUT2D eigenvalue weighted by Crippen LogP contribution is -2.27. The Balaban J connectivity index is 1.80. The van der Waals surface area contributed by atoms with Crippen molar-refractivity contribution in [2.45, 2.75) is 25.2 Å². The Morgan fingerprint density at radius 2 is 2.08 bits per heavy atom. The summed E-state index contributed by atoms with van der Waals surface area (Å²) < 4.78 is 52.4. The van der Waals surface area contributed by atoms with Gasteiger partial charge in [-0.15, -0.1) is 9.42 Å². The summed E-state index contributed by atoms with van der Waals surface area (Å²) in [6, 6.07) is 1.46. The van der Waals surface area contributed by atoms with Crippen LogP contribution in [0.15, 0.2) is 17.1 Å². The standard InChI is InChI=1S/C9H11N3O9P3/c10-7-3-4-12(9(13)11-7)8-2-1-6(19-8)5-18-23(16)21-24(17)20-22(14)15/h3-4,6,8H,1-2,5H2,(H-2,10,11,13,14,15)/q+1/p+2. The third kappa shape index (κ3) is 5.70. The molecule has 1 aliphatic heterocycles. The number of ether oxygens (including phenoxy) is 1. The van der Waals surface area contributed by atoms with Crippen molar-refractivity contribution in [3.63, 3.8) is 0 Å². The average molecular weight is 400 g/mol. The molecule has 1 fully saturated rings. The van der Waals surface area contributed by atoms with Crippen molar-refractivity contribution in [1.82, 2.24) is 9.55 Å². The lowest BCUT2D eigenvalue weighted by molar-refractivity contribution is -0.0200. The summed E-state index contributed by atoms with van der Waals surface area (Å²) in [6.45, 7) is -0.155. The van der Waals surface area contributed by atoms with Gasteiger partial charge in [-0.3, -0.25) is 4.57 Å². The maximum Gasteiger partial charge on any atom is 0.798 e. The van der Waals surface area contributed by atoms with E-state index in [9.17, 15) is 18.5 Å². The van der Waals surface area contributed by atoms with Gasteiger partial charge in [0.25, 0.3) is 0 Å². The van der Waals surface area contributed by atoms with E-state index in [1.54, 1.807) is 0 Å². The van der Waals surface area contributed by atoms with Gasteiger partial charge < -0.3 is 10.5 Å². The Hall–Kier alpha value is -1.22. The van der Waals surface area contributed by atoms with Crippen molar-refractivity contribution in [2.24, 2.45) is 0 Å². The van der Waals surface area contributed by atoms with Gasteiger partial charge in [0.05, 0.1) is 6.10 Å². The smallest absolute Gasteiger partial charge is 0.383 e. The van der Waals surface area contributed by atoms with Crippen LogP contribution in [0.4, 0.5) is 5.82 Å². The summed E-state index contributed by atoms with van der Waals surface area (Å²) >= 11 is 0. The molecule has 0 aromatic carbocycles. The number of aromatic nitrogens is 2. The number of nitrogens with zero attached hydrogens (tertiary/aromatic N) is 2. The number of hydrogen-bond donors (Lipinski definition) is 2. The van der Waals surface area contributed by atoms with Gasteiger partial charge in [-0.05, 0) is 18.9 Å². The first-order chi connectivity index (χ1) is 11.3. The lowest BCUT2D eigenvalue weighted by atomic mass is 10.2. The minimum Gasteiger partial charge on any atom is -0.383 e. The lowest BCUT2D eigenvalue weighted by Gasteiger charge is -2.14. The molecule has 130 valence electrons. The third-order valence-electron chi connectivity index (χ3n) is 2.88. The van der Waals surface area contributed by atoms with Gasteiger partial charge in [-0.2, -0.15) is 4.98 Å². The summed E-state index contributed by atoms with van der Waals surface area (Å²) in [5.74, 6) is 0.101. The van der Waals surface area contributed by atoms with E-state index in [0.717, 1.165) is 0 Å². The second-order valence-electron chi connectivity index (χ2n) is 4.48. The van der Waals surface area contributed by atoms with E-state index in [-0.39, 0.29) is 12.4 Å². The SMILES string of the molecule is Nc1ccn(C2CCC(CO[P+](=O)O[P+](=O)O[P+](=O)O)O2)c(=O)n1. The van der Waals surface area contributed by atoms with Crippen LogP contribution in [0.3, 0.4) is 0 Å². The Kier molecular flexibility index (Phi) is 6.97. The zero-order chi connectivity index (χ0) is 17.7. The molecule has 5 unspecified atom stereocenters. The summed E-state index contributed by atoms with van der Waals surface area (Å²) in [5.41, 5.74) is 4.85. The van der Waals surface area contributed by atoms with E-state index >= 15 is 0 Å². The number of hydrogen-bond acceptors (Lipinski definition) is 10. The van der Waals surface area contributed by atoms with Gasteiger partial charge >= 0.3 is 30.5 Å². The van der Waals surface area contributed by atoms with Crippen LogP contribution in [0.5, 0.6) is 0 Å². The topological polar surface area (TPSA) is 169 Å². The minimum atomic E-state index is -3.14. The molecule has 15 heteroatoms. The van der Waals surface area contributed by atoms with Crippen LogP contribution in [0.1, 0.15) is 19.1 Å². The van der Waals surface area contributed by atoms with Crippen LogP contribution < -0.4 is 11.4 Å². The van der Waals surface area contributed by atoms with Gasteiger partial charge in [0.1, 0.15) is 18.7 Å². The van der Waals surface area contributed by atoms with E-state index < -0.39 is 42.8 Å². The van der Waals surface area contributed by atoms with Crippen LogP contribution in [0, 0.1) is 0 Å². The Morgan fingerprint density at radius 1 is 1.33 bits per heavy atom. The van der Waals surface area contributed by atoms with Crippen molar-refractivity contribution < 1.29 is 36.5 Å².